The summed E-state index contributed by atoms with van der Waals surface area (Å²) in [6.07, 6.45) is 0.127. The zero-order valence-corrected chi connectivity index (χ0v) is 14.4. The van der Waals surface area contributed by atoms with E-state index in [-0.39, 0.29) is 31.3 Å². The molecule has 2 aromatic rings. The molecule has 1 unspecified atom stereocenters. The summed E-state index contributed by atoms with van der Waals surface area (Å²) in [4.78, 5) is 36.4. The topological polar surface area (TPSA) is 86.7 Å². The van der Waals surface area contributed by atoms with Crippen molar-refractivity contribution in [1.29, 1.82) is 0 Å². The number of hydrogen-bond donors (Lipinski definition) is 2. The van der Waals surface area contributed by atoms with Crippen LogP contribution in [-0.2, 0) is 9.59 Å². The highest BCUT2D eigenvalue weighted by Crippen LogP contribution is 2.15. The standard InChI is InChI=1S/C19H22N2O4/c1-13(19(24)25)12-21(2)17(22)9-10-20-18(23)16-8-7-14-5-3-4-6-15(14)11-16/h3-8,11,13H,9-10,12H2,1-2H3,(H,20,23)(H,24,25). The maximum Gasteiger partial charge on any atom is 0.308 e. The van der Waals surface area contributed by atoms with Crippen LogP contribution in [0.1, 0.15) is 23.7 Å². The van der Waals surface area contributed by atoms with E-state index in [0.717, 1.165) is 10.8 Å². The quantitative estimate of drug-likeness (QED) is 0.807. The molecule has 2 rings (SSSR count). The minimum Gasteiger partial charge on any atom is -0.481 e. The molecule has 132 valence electrons. The van der Waals surface area contributed by atoms with Gasteiger partial charge < -0.3 is 15.3 Å². The fraction of sp³-hybridized carbons (Fsp3) is 0.316. The molecular weight excluding hydrogens is 320 g/mol. The Morgan fingerprint density at radius 2 is 1.80 bits per heavy atom. The van der Waals surface area contributed by atoms with Crippen LogP contribution in [0, 0.1) is 5.92 Å². The molecule has 2 amide bonds. The lowest BCUT2D eigenvalue weighted by Crippen LogP contribution is -2.36. The molecular formula is C19H22N2O4. The fourth-order valence-electron chi connectivity index (χ4n) is 2.50. The number of nitrogens with zero attached hydrogens (tertiary/aromatic N) is 1. The molecule has 2 aromatic carbocycles. The molecule has 0 heterocycles. The Balaban J connectivity index is 1.84. The highest BCUT2D eigenvalue weighted by molar-refractivity contribution is 5.98. The molecule has 6 nitrogen and oxygen atoms in total. The van der Waals surface area contributed by atoms with Gasteiger partial charge >= 0.3 is 5.97 Å². The zero-order valence-electron chi connectivity index (χ0n) is 14.4. The lowest BCUT2D eigenvalue weighted by atomic mass is 10.1. The third-order valence-corrected chi connectivity index (χ3v) is 4.03. The van der Waals surface area contributed by atoms with E-state index >= 15 is 0 Å². The van der Waals surface area contributed by atoms with Crippen LogP contribution in [0.15, 0.2) is 42.5 Å². The summed E-state index contributed by atoms with van der Waals surface area (Å²) in [5.41, 5.74) is 0.541. The predicted molar refractivity (Wildman–Crippen MR) is 95.3 cm³/mol. The average molecular weight is 342 g/mol. The Bertz CT molecular complexity index is 788. The van der Waals surface area contributed by atoms with E-state index in [0.29, 0.717) is 5.56 Å². The summed E-state index contributed by atoms with van der Waals surface area (Å²) in [7, 11) is 1.56. The number of carboxylic acid groups (broad SMARTS) is 1. The smallest absolute Gasteiger partial charge is 0.308 e. The normalized spacial score (nSPS) is 11.8. The molecule has 0 saturated heterocycles. The van der Waals surface area contributed by atoms with Crippen LogP contribution in [0.5, 0.6) is 0 Å². The summed E-state index contributed by atoms with van der Waals surface area (Å²) in [6, 6.07) is 13.2. The Morgan fingerprint density at radius 1 is 1.12 bits per heavy atom. The van der Waals surface area contributed by atoms with Gasteiger partial charge in [0.25, 0.3) is 5.91 Å². The van der Waals surface area contributed by atoms with Gasteiger partial charge in [0.1, 0.15) is 0 Å². The van der Waals surface area contributed by atoms with Crippen molar-refractivity contribution in [3.05, 3.63) is 48.0 Å². The zero-order chi connectivity index (χ0) is 18.4. The van der Waals surface area contributed by atoms with Crippen molar-refractivity contribution in [2.24, 2.45) is 5.92 Å². The molecule has 6 heteroatoms. The SMILES string of the molecule is CC(CN(C)C(=O)CCNC(=O)c1ccc2ccccc2c1)C(=O)O. The summed E-state index contributed by atoms with van der Waals surface area (Å²) in [6.45, 7) is 1.90. The first-order chi connectivity index (χ1) is 11.9. The van der Waals surface area contributed by atoms with E-state index in [2.05, 4.69) is 5.32 Å². The molecule has 2 N–H and O–H groups in total. The lowest BCUT2D eigenvalue weighted by Gasteiger charge is -2.19. The maximum absolute atomic E-state index is 12.2. The molecule has 0 bridgehead atoms. The van der Waals surface area contributed by atoms with Gasteiger partial charge in [-0.2, -0.15) is 0 Å². The van der Waals surface area contributed by atoms with E-state index in [4.69, 9.17) is 5.11 Å². The van der Waals surface area contributed by atoms with Gasteiger partial charge in [0.15, 0.2) is 0 Å². The van der Waals surface area contributed by atoms with Gasteiger partial charge in [0.05, 0.1) is 5.92 Å². The van der Waals surface area contributed by atoms with Crippen molar-refractivity contribution in [2.75, 3.05) is 20.1 Å². The molecule has 0 aliphatic heterocycles. The van der Waals surface area contributed by atoms with Gasteiger partial charge in [-0.15, -0.1) is 0 Å². The first kappa shape index (κ1) is 18.4. The largest absolute Gasteiger partial charge is 0.481 e. The van der Waals surface area contributed by atoms with Crippen LogP contribution in [0.2, 0.25) is 0 Å². The van der Waals surface area contributed by atoms with Gasteiger partial charge in [0.2, 0.25) is 5.91 Å². The molecule has 0 radical (unpaired) electrons. The van der Waals surface area contributed by atoms with Crippen molar-refractivity contribution in [3.8, 4) is 0 Å². The van der Waals surface area contributed by atoms with Crippen LogP contribution >= 0.6 is 0 Å². The first-order valence-corrected chi connectivity index (χ1v) is 8.12. The van der Waals surface area contributed by atoms with Crippen molar-refractivity contribution in [3.63, 3.8) is 0 Å². The number of rotatable bonds is 7. The van der Waals surface area contributed by atoms with Crippen LogP contribution in [-0.4, -0.2) is 47.9 Å². The van der Waals surface area contributed by atoms with E-state index < -0.39 is 11.9 Å². The first-order valence-electron chi connectivity index (χ1n) is 8.12. The fourth-order valence-corrected chi connectivity index (χ4v) is 2.50. The second-order valence-corrected chi connectivity index (χ2v) is 6.08. The molecule has 0 saturated carbocycles. The minimum atomic E-state index is -0.941. The molecule has 0 aromatic heterocycles. The number of carbonyl (C=O) groups is 3. The van der Waals surface area contributed by atoms with E-state index in [9.17, 15) is 14.4 Å². The molecule has 0 spiro atoms. The van der Waals surface area contributed by atoms with Crippen molar-refractivity contribution in [2.45, 2.75) is 13.3 Å². The lowest BCUT2D eigenvalue weighted by molar-refractivity contribution is -0.142. The van der Waals surface area contributed by atoms with Gasteiger partial charge in [-0.3, -0.25) is 14.4 Å². The van der Waals surface area contributed by atoms with Crippen LogP contribution in [0.25, 0.3) is 10.8 Å². The van der Waals surface area contributed by atoms with Gasteiger partial charge in [-0.25, -0.2) is 0 Å². The Hall–Kier alpha value is -2.89. The van der Waals surface area contributed by atoms with Gasteiger partial charge in [0, 0.05) is 32.1 Å². The van der Waals surface area contributed by atoms with Crippen molar-refractivity contribution < 1.29 is 19.5 Å². The number of carboxylic acids is 1. The number of carbonyl (C=O) groups excluding carboxylic acids is 2. The maximum atomic E-state index is 12.2. The molecule has 0 aliphatic carbocycles. The highest BCUT2D eigenvalue weighted by Gasteiger charge is 2.17. The predicted octanol–water partition coefficient (Wildman–Crippen LogP) is 2.14. The Labute approximate surface area is 146 Å². The molecule has 0 aliphatic rings. The van der Waals surface area contributed by atoms with Crippen molar-refractivity contribution in [1.82, 2.24) is 10.2 Å². The third-order valence-electron chi connectivity index (χ3n) is 4.03. The number of amides is 2. The summed E-state index contributed by atoms with van der Waals surface area (Å²) >= 11 is 0. The second-order valence-electron chi connectivity index (χ2n) is 6.08. The molecule has 25 heavy (non-hydrogen) atoms. The van der Waals surface area contributed by atoms with E-state index in [1.807, 2.05) is 36.4 Å². The third kappa shape index (κ3) is 5.04. The second kappa shape index (κ2) is 8.28. The van der Waals surface area contributed by atoms with E-state index in [1.54, 1.807) is 20.0 Å². The monoisotopic (exact) mass is 342 g/mol. The Kier molecular flexibility index (Phi) is 6.11. The molecule has 1 atom stereocenters. The molecule has 0 fully saturated rings. The van der Waals surface area contributed by atoms with Crippen LogP contribution in [0.4, 0.5) is 0 Å². The summed E-state index contributed by atoms with van der Waals surface area (Å²) in [5.74, 6) is -2.00. The van der Waals surface area contributed by atoms with Crippen LogP contribution < -0.4 is 5.32 Å². The Morgan fingerprint density at radius 3 is 2.48 bits per heavy atom. The number of nitrogens with one attached hydrogen (secondary N) is 1. The van der Waals surface area contributed by atoms with Crippen molar-refractivity contribution >= 4 is 28.6 Å². The summed E-state index contributed by atoms with van der Waals surface area (Å²) < 4.78 is 0. The van der Waals surface area contributed by atoms with Gasteiger partial charge in [-0.1, -0.05) is 37.3 Å². The number of aliphatic carboxylic acids is 1. The number of fused-ring (bicyclic) bond motifs is 1. The van der Waals surface area contributed by atoms with Gasteiger partial charge in [-0.05, 0) is 22.9 Å². The van der Waals surface area contributed by atoms with Crippen LogP contribution in [0.3, 0.4) is 0 Å². The summed E-state index contributed by atoms with van der Waals surface area (Å²) in [5, 5.41) is 13.6. The number of benzene rings is 2. The minimum absolute atomic E-state index is 0.127. The number of hydrogen-bond acceptors (Lipinski definition) is 3. The van der Waals surface area contributed by atoms with E-state index in [1.165, 1.54) is 4.90 Å². The highest BCUT2D eigenvalue weighted by atomic mass is 16.4. The average Bonchev–Trinajstić information content (AvgIpc) is 2.60.